The molecular weight excluding hydrogens is 438 g/mol. The average Bonchev–Trinajstić information content (AvgIpc) is 3.36. The molecule has 172 valence electrons. The maximum absolute atomic E-state index is 12.6. The van der Waals surface area contributed by atoms with Crippen LogP contribution in [0.15, 0.2) is 60.0 Å². The topological polar surface area (TPSA) is 80.8 Å². The molecule has 0 bridgehead atoms. The number of nitrogens with zero attached hydrogens (tertiary/aromatic N) is 2. The number of thiazole rings is 1. The number of likely N-dealkylation sites (tertiary alicyclic amines) is 1. The van der Waals surface area contributed by atoms with Crippen molar-refractivity contribution in [2.75, 3.05) is 26.8 Å². The van der Waals surface area contributed by atoms with Gasteiger partial charge in [-0.25, -0.2) is 4.98 Å². The molecule has 4 rings (SSSR count). The highest BCUT2D eigenvalue weighted by molar-refractivity contribution is 7.13. The Morgan fingerprint density at radius 2 is 1.76 bits per heavy atom. The number of hydrogen-bond acceptors (Lipinski definition) is 6. The largest absolute Gasteiger partial charge is 0.497 e. The van der Waals surface area contributed by atoms with E-state index in [0.29, 0.717) is 38.2 Å². The Labute approximate surface area is 197 Å². The molecule has 0 saturated carbocycles. The number of rotatable bonds is 8. The highest BCUT2D eigenvalue weighted by Crippen LogP contribution is 2.24. The maximum atomic E-state index is 12.6. The third kappa shape index (κ3) is 6.10. The van der Waals surface area contributed by atoms with E-state index >= 15 is 0 Å². The van der Waals surface area contributed by atoms with E-state index in [2.05, 4.69) is 10.3 Å². The molecule has 2 heterocycles. The van der Waals surface area contributed by atoms with E-state index in [1.54, 1.807) is 47.6 Å². The maximum Gasteiger partial charge on any atom is 0.260 e. The lowest BCUT2D eigenvalue weighted by Gasteiger charge is -2.31. The van der Waals surface area contributed by atoms with E-state index in [-0.39, 0.29) is 24.3 Å². The molecule has 2 amide bonds. The summed E-state index contributed by atoms with van der Waals surface area (Å²) in [5.41, 5.74) is 1.93. The molecule has 1 fully saturated rings. The van der Waals surface area contributed by atoms with Gasteiger partial charge in [-0.3, -0.25) is 9.59 Å². The van der Waals surface area contributed by atoms with Crippen molar-refractivity contribution in [1.29, 1.82) is 0 Å². The first-order chi connectivity index (χ1) is 16.1. The fourth-order valence-corrected chi connectivity index (χ4v) is 4.55. The van der Waals surface area contributed by atoms with E-state index in [4.69, 9.17) is 9.47 Å². The van der Waals surface area contributed by atoms with Crippen LogP contribution < -0.4 is 14.8 Å². The highest BCUT2D eigenvalue weighted by atomic mass is 32.1. The van der Waals surface area contributed by atoms with E-state index in [1.807, 2.05) is 35.7 Å². The lowest BCUT2D eigenvalue weighted by Crippen LogP contribution is -2.44. The van der Waals surface area contributed by atoms with Crippen molar-refractivity contribution in [2.24, 2.45) is 5.92 Å². The summed E-state index contributed by atoms with van der Waals surface area (Å²) >= 11 is 1.57. The number of hydrogen-bond donors (Lipinski definition) is 1. The van der Waals surface area contributed by atoms with Crippen LogP contribution in [0.5, 0.6) is 11.5 Å². The van der Waals surface area contributed by atoms with Crippen LogP contribution >= 0.6 is 11.3 Å². The number of carbonyl (C=O) groups excluding carboxylic acids is 2. The first-order valence-corrected chi connectivity index (χ1v) is 11.8. The standard InChI is InChI=1S/C25H27N3O4S/c1-31-21-7-9-22(10-8-21)32-16-23(29)28-13-11-18(12-14-28)24(30)26-15-20-17-33-25(27-20)19-5-3-2-4-6-19/h2-10,17-18H,11-16H2,1H3,(H,26,30). The SMILES string of the molecule is COc1ccc(OCC(=O)N2CCC(C(=O)NCc3csc(-c4ccccc4)n3)CC2)cc1. The molecule has 0 unspecified atom stereocenters. The molecule has 1 aliphatic rings. The van der Waals surface area contributed by atoms with E-state index < -0.39 is 0 Å². The molecule has 3 aromatic rings. The summed E-state index contributed by atoms with van der Waals surface area (Å²) in [6.07, 6.45) is 1.29. The smallest absolute Gasteiger partial charge is 0.260 e. The number of ether oxygens (including phenoxy) is 2. The van der Waals surface area contributed by atoms with Crippen molar-refractivity contribution in [1.82, 2.24) is 15.2 Å². The molecule has 0 radical (unpaired) electrons. The molecule has 1 aliphatic heterocycles. The molecular formula is C25H27N3O4S. The zero-order valence-corrected chi connectivity index (χ0v) is 19.3. The van der Waals surface area contributed by atoms with Gasteiger partial charge in [0.15, 0.2) is 6.61 Å². The molecule has 0 spiro atoms. The summed E-state index contributed by atoms with van der Waals surface area (Å²) in [4.78, 5) is 31.5. The van der Waals surface area contributed by atoms with Crippen LogP contribution in [0.4, 0.5) is 0 Å². The number of amides is 2. The molecule has 1 aromatic heterocycles. The van der Waals surface area contributed by atoms with Gasteiger partial charge < -0.3 is 19.7 Å². The van der Waals surface area contributed by atoms with Gasteiger partial charge in [0.1, 0.15) is 16.5 Å². The molecule has 0 aliphatic carbocycles. The van der Waals surface area contributed by atoms with Crippen LogP contribution in [0.2, 0.25) is 0 Å². The van der Waals surface area contributed by atoms with Gasteiger partial charge >= 0.3 is 0 Å². The third-order valence-corrected chi connectivity index (χ3v) is 6.60. The Hall–Kier alpha value is -3.39. The van der Waals surface area contributed by atoms with Gasteiger partial charge in [0.05, 0.1) is 19.3 Å². The number of nitrogens with one attached hydrogen (secondary N) is 1. The van der Waals surface area contributed by atoms with E-state index in [1.165, 1.54) is 0 Å². The van der Waals surface area contributed by atoms with Gasteiger partial charge in [-0.2, -0.15) is 0 Å². The van der Waals surface area contributed by atoms with Crippen molar-refractivity contribution in [3.63, 3.8) is 0 Å². The highest BCUT2D eigenvalue weighted by Gasteiger charge is 2.27. The van der Waals surface area contributed by atoms with Crippen LogP contribution in [0, 0.1) is 5.92 Å². The lowest BCUT2D eigenvalue weighted by atomic mass is 9.96. The number of methoxy groups -OCH3 is 1. The molecule has 1 saturated heterocycles. The van der Waals surface area contributed by atoms with Crippen LogP contribution in [0.25, 0.3) is 10.6 Å². The Bertz CT molecular complexity index is 1060. The number of benzene rings is 2. The predicted octanol–water partition coefficient (Wildman–Crippen LogP) is 3.75. The van der Waals surface area contributed by atoms with Crippen molar-refractivity contribution in [3.05, 3.63) is 65.7 Å². The zero-order chi connectivity index (χ0) is 23.0. The normalized spacial score (nSPS) is 14.0. The van der Waals surface area contributed by atoms with Crippen molar-refractivity contribution in [2.45, 2.75) is 19.4 Å². The summed E-state index contributed by atoms with van der Waals surface area (Å²) < 4.78 is 10.7. The predicted molar refractivity (Wildman–Crippen MR) is 127 cm³/mol. The number of carbonyl (C=O) groups is 2. The van der Waals surface area contributed by atoms with Gasteiger partial charge in [0, 0.05) is 30.0 Å². The Morgan fingerprint density at radius 3 is 2.45 bits per heavy atom. The molecule has 8 heteroatoms. The summed E-state index contributed by atoms with van der Waals surface area (Å²) in [5.74, 6) is 1.21. The van der Waals surface area contributed by atoms with E-state index in [0.717, 1.165) is 22.0 Å². The first-order valence-electron chi connectivity index (χ1n) is 10.9. The summed E-state index contributed by atoms with van der Waals surface area (Å²) in [6.45, 7) is 1.50. The third-order valence-electron chi connectivity index (χ3n) is 5.66. The zero-order valence-electron chi connectivity index (χ0n) is 18.5. The van der Waals surface area contributed by atoms with Crippen LogP contribution in [0.3, 0.4) is 0 Å². The van der Waals surface area contributed by atoms with Crippen LogP contribution in [0.1, 0.15) is 18.5 Å². The lowest BCUT2D eigenvalue weighted by molar-refractivity contribution is -0.137. The fourth-order valence-electron chi connectivity index (χ4n) is 3.72. The summed E-state index contributed by atoms with van der Waals surface area (Å²) in [7, 11) is 1.60. The summed E-state index contributed by atoms with van der Waals surface area (Å²) in [6, 6.07) is 17.1. The monoisotopic (exact) mass is 465 g/mol. The average molecular weight is 466 g/mol. The van der Waals surface area contributed by atoms with Crippen molar-refractivity contribution in [3.8, 4) is 22.1 Å². The van der Waals surface area contributed by atoms with Crippen molar-refractivity contribution >= 4 is 23.2 Å². The van der Waals surface area contributed by atoms with Crippen LogP contribution in [-0.2, 0) is 16.1 Å². The first kappa shape index (κ1) is 22.8. The second-order valence-corrected chi connectivity index (χ2v) is 8.71. The van der Waals surface area contributed by atoms with Gasteiger partial charge in [-0.1, -0.05) is 30.3 Å². The van der Waals surface area contributed by atoms with Gasteiger partial charge in [0.25, 0.3) is 5.91 Å². The quantitative estimate of drug-likeness (QED) is 0.548. The minimum absolute atomic E-state index is 0.0171. The molecule has 2 aromatic carbocycles. The minimum Gasteiger partial charge on any atom is -0.497 e. The van der Waals surface area contributed by atoms with Gasteiger partial charge in [-0.05, 0) is 37.1 Å². The second-order valence-electron chi connectivity index (χ2n) is 7.85. The van der Waals surface area contributed by atoms with Gasteiger partial charge in [0.2, 0.25) is 5.91 Å². The van der Waals surface area contributed by atoms with E-state index in [9.17, 15) is 9.59 Å². The second kappa shape index (κ2) is 11.0. The molecule has 33 heavy (non-hydrogen) atoms. The van der Waals surface area contributed by atoms with Gasteiger partial charge in [-0.15, -0.1) is 11.3 Å². The molecule has 1 N–H and O–H groups in total. The Morgan fingerprint density at radius 1 is 1.06 bits per heavy atom. The number of piperidine rings is 1. The Balaban J connectivity index is 1.19. The van der Waals surface area contributed by atoms with Crippen LogP contribution in [-0.4, -0.2) is 48.5 Å². The minimum atomic E-state index is -0.0937. The fraction of sp³-hybridized carbons (Fsp3) is 0.320. The van der Waals surface area contributed by atoms with Crippen molar-refractivity contribution < 1.29 is 19.1 Å². The molecule has 0 atom stereocenters. The molecule has 7 nitrogen and oxygen atoms in total. The Kier molecular flexibility index (Phi) is 7.57. The summed E-state index contributed by atoms with van der Waals surface area (Å²) in [5, 5.41) is 5.93. The number of aromatic nitrogens is 1.